The molecule has 1 amide bonds. The normalized spacial score (nSPS) is 10.4. The van der Waals surface area contributed by atoms with Gasteiger partial charge in [0.1, 0.15) is 5.75 Å². The molecule has 142 valence electrons. The van der Waals surface area contributed by atoms with Crippen LogP contribution < -0.4 is 10.1 Å². The topological polar surface area (TPSA) is 68.3 Å². The summed E-state index contributed by atoms with van der Waals surface area (Å²) in [5.41, 5.74) is 3.89. The molecule has 5 heteroatoms. The van der Waals surface area contributed by atoms with Gasteiger partial charge in [0.15, 0.2) is 5.78 Å². The number of rotatable bonds is 7. The third-order valence-corrected chi connectivity index (χ3v) is 4.46. The molecule has 0 fully saturated rings. The van der Waals surface area contributed by atoms with E-state index in [2.05, 4.69) is 10.3 Å². The van der Waals surface area contributed by atoms with E-state index in [9.17, 15) is 9.59 Å². The Kier molecular flexibility index (Phi) is 6.17. The van der Waals surface area contributed by atoms with Crippen molar-refractivity contribution < 1.29 is 14.3 Å². The molecule has 0 radical (unpaired) electrons. The van der Waals surface area contributed by atoms with Crippen molar-refractivity contribution in [2.24, 2.45) is 0 Å². The number of Topliss-reactive ketones (excluding diaryl/α,β-unsaturated/α-hetero) is 1. The highest BCUT2D eigenvalue weighted by molar-refractivity contribution is 5.96. The van der Waals surface area contributed by atoms with Crippen molar-refractivity contribution in [1.29, 1.82) is 0 Å². The maximum Gasteiger partial charge on any atom is 0.252 e. The van der Waals surface area contributed by atoms with Crippen molar-refractivity contribution in [3.63, 3.8) is 0 Å². The summed E-state index contributed by atoms with van der Waals surface area (Å²) >= 11 is 0. The molecule has 0 saturated heterocycles. The van der Waals surface area contributed by atoms with Crippen LogP contribution in [0.4, 0.5) is 0 Å². The molecule has 1 aromatic heterocycles. The standard InChI is InChI=1S/C23H22N2O3/c1-16(26)18-4-3-5-19(12-18)20-13-21(15-24-14-20)23(27)25-11-10-17-6-8-22(28-2)9-7-17/h3-9,12-15H,10-11H2,1-2H3,(H,25,27). The number of hydrogen-bond acceptors (Lipinski definition) is 4. The number of carbonyl (C=O) groups excluding carboxylic acids is 2. The zero-order valence-electron chi connectivity index (χ0n) is 15.9. The molecule has 0 aliphatic heterocycles. The lowest BCUT2D eigenvalue weighted by Crippen LogP contribution is -2.25. The first kappa shape index (κ1) is 19.3. The van der Waals surface area contributed by atoms with Gasteiger partial charge < -0.3 is 10.1 Å². The van der Waals surface area contributed by atoms with Gasteiger partial charge in [-0.15, -0.1) is 0 Å². The lowest BCUT2D eigenvalue weighted by atomic mass is 10.0. The number of amides is 1. The highest BCUT2D eigenvalue weighted by atomic mass is 16.5. The lowest BCUT2D eigenvalue weighted by Gasteiger charge is -2.08. The Morgan fingerprint density at radius 1 is 0.964 bits per heavy atom. The summed E-state index contributed by atoms with van der Waals surface area (Å²) in [6, 6.07) is 16.9. The Labute approximate surface area is 164 Å². The largest absolute Gasteiger partial charge is 0.497 e. The predicted octanol–water partition coefficient (Wildman–Crippen LogP) is 3.93. The van der Waals surface area contributed by atoms with Crippen molar-refractivity contribution in [1.82, 2.24) is 10.3 Å². The summed E-state index contributed by atoms with van der Waals surface area (Å²) in [4.78, 5) is 28.2. The van der Waals surface area contributed by atoms with Gasteiger partial charge in [-0.2, -0.15) is 0 Å². The highest BCUT2D eigenvalue weighted by Gasteiger charge is 2.09. The SMILES string of the molecule is COc1ccc(CCNC(=O)c2cncc(-c3cccc(C(C)=O)c3)c2)cc1. The lowest BCUT2D eigenvalue weighted by molar-refractivity contribution is 0.0952. The number of ketones is 1. The van der Waals surface area contributed by atoms with Crippen LogP contribution in [0.5, 0.6) is 5.75 Å². The van der Waals surface area contributed by atoms with Crippen LogP contribution in [0.2, 0.25) is 0 Å². The number of benzene rings is 2. The fourth-order valence-electron chi connectivity index (χ4n) is 2.85. The molecule has 0 aliphatic carbocycles. The Balaban J connectivity index is 1.65. The van der Waals surface area contributed by atoms with Crippen molar-refractivity contribution in [2.45, 2.75) is 13.3 Å². The molecule has 0 unspecified atom stereocenters. The number of pyridine rings is 1. The van der Waals surface area contributed by atoms with E-state index in [1.165, 1.54) is 6.92 Å². The molecule has 0 bridgehead atoms. The fourth-order valence-corrected chi connectivity index (χ4v) is 2.85. The molecule has 0 atom stereocenters. The van der Waals surface area contributed by atoms with Gasteiger partial charge in [0.2, 0.25) is 0 Å². The fraction of sp³-hybridized carbons (Fsp3) is 0.174. The Hall–Kier alpha value is -3.47. The Morgan fingerprint density at radius 2 is 1.71 bits per heavy atom. The second kappa shape index (κ2) is 8.95. The number of nitrogens with zero attached hydrogens (tertiary/aromatic N) is 1. The number of methoxy groups -OCH3 is 1. The smallest absolute Gasteiger partial charge is 0.252 e. The van der Waals surface area contributed by atoms with E-state index in [1.807, 2.05) is 42.5 Å². The quantitative estimate of drug-likeness (QED) is 0.636. The zero-order chi connectivity index (χ0) is 19.9. The molecular formula is C23H22N2O3. The summed E-state index contributed by atoms with van der Waals surface area (Å²) in [5, 5.41) is 2.92. The molecule has 0 spiro atoms. The maximum atomic E-state index is 12.5. The van der Waals surface area contributed by atoms with Crippen molar-refractivity contribution in [3.8, 4) is 16.9 Å². The summed E-state index contributed by atoms with van der Waals surface area (Å²) < 4.78 is 5.14. The van der Waals surface area contributed by atoms with E-state index in [0.29, 0.717) is 17.7 Å². The number of carbonyl (C=O) groups is 2. The van der Waals surface area contributed by atoms with E-state index in [-0.39, 0.29) is 11.7 Å². The monoisotopic (exact) mass is 374 g/mol. The van der Waals surface area contributed by atoms with Gasteiger partial charge in [-0.25, -0.2) is 0 Å². The van der Waals surface area contributed by atoms with Gasteiger partial charge in [-0.05, 0) is 48.7 Å². The predicted molar refractivity (Wildman–Crippen MR) is 109 cm³/mol. The van der Waals surface area contributed by atoms with E-state index >= 15 is 0 Å². The number of nitrogens with one attached hydrogen (secondary N) is 1. The van der Waals surface area contributed by atoms with E-state index in [0.717, 1.165) is 28.9 Å². The summed E-state index contributed by atoms with van der Waals surface area (Å²) in [6.07, 6.45) is 3.96. The highest BCUT2D eigenvalue weighted by Crippen LogP contribution is 2.21. The molecular weight excluding hydrogens is 352 g/mol. The minimum Gasteiger partial charge on any atom is -0.497 e. The van der Waals surface area contributed by atoms with Crippen LogP contribution >= 0.6 is 0 Å². The third kappa shape index (κ3) is 4.82. The minimum atomic E-state index is -0.175. The summed E-state index contributed by atoms with van der Waals surface area (Å²) in [5.74, 6) is 0.636. The van der Waals surface area contributed by atoms with Crippen molar-refractivity contribution >= 4 is 11.7 Å². The van der Waals surface area contributed by atoms with E-state index in [1.54, 1.807) is 31.6 Å². The van der Waals surface area contributed by atoms with Crippen LogP contribution in [0, 0.1) is 0 Å². The molecule has 1 N–H and O–H groups in total. The first-order valence-corrected chi connectivity index (χ1v) is 9.04. The molecule has 0 aliphatic rings. The zero-order valence-corrected chi connectivity index (χ0v) is 15.9. The van der Waals surface area contributed by atoms with Crippen LogP contribution in [0.25, 0.3) is 11.1 Å². The van der Waals surface area contributed by atoms with Gasteiger partial charge in [-0.3, -0.25) is 14.6 Å². The van der Waals surface area contributed by atoms with E-state index in [4.69, 9.17) is 4.74 Å². The van der Waals surface area contributed by atoms with Crippen molar-refractivity contribution in [2.75, 3.05) is 13.7 Å². The third-order valence-electron chi connectivity index (χ3n) is 4.46. The molecule has 2 aromatic carbocycles. The maximum absolute atomic E-state index is 12.5. The molecule has 28 heavy (non-hydrogen) atoms. The van der Waals surface area contributed by atoms with Crippen LogP contribution in [0.3, 0.4) is 0 Å². The summed E-state index contributed by atoms with van der Waals surface area (Å²) in [7, 11) is 1.63. The van der Waals surface area contributed by atoms with Gasteiger partial charge in [0.25, 0.3) is 5.91 Å². The molecule has 0 saturated carbocycles. The second-order valence-corrected chi connectivity index (χ2v) is 6.45. The van der Waals surface area contributed by atoms with Gasteiger partial charge in [-0.1, -0.05) is 30.3 Å². The molecule has 1 heterocycles. The molecule has 5 nitrogen and oxygen atoms in total. The number of aromatic nitrogens is 1. The van der Waals surface area contributed by atoms with Crippen LogP contribution in [-0.4, -0.2) is 30.3 Å². The van der Waals surface area contributed by atoms with Crippen LogP contribution in [0.15, 0.2) is 67.0 Å². The molecule has 3 rings (SSSR count). The van der Waals surface area contributed by atoms with Gasteiger partial charge in [0.05, 0.1) is 12.7 Å². The number of ether oxygens (including phenoxy) is 1. The van der Waals surface area contributed by atoms with Crippen LogP contribution in [-0.2, 0) is 6.42 Å². The van der Waals surface area contributed by atoms with E-state index < -0.39 is 0 Å². The average Bonchev–Trinajstić information content (AvgIpc) is 2.74. The second-order valence-electron chi connectivity index (χ2n) is 6.45. The summed E-state index contributed by atoms with van der Waals surface area (Å²) in [6.45, 7) is 2.05. The van der Waals surface area contributed by atoms with Crippen molar-refractivity contribution in [3.05, 3.63) is 83.7 Å². The molecule has 3 aromatic rings. The minimum absolute atomic E-state index is 0.00207. The first-order valence-electron chi connectivity index (χ1n) is 9.04. The Morgan fingerprint density at radius 3 is 2.43 bits per heavy atom. The first-order chi connectivity index (χ1) is 13.6. The van der Waals surface area contributed by atoms with Crippen LogP contribution in [0.1, 0.15) is 33.2 Å². The Bertz CT molecular complexity index is 981. The average molecular weight is 374 g/mol. The van der Waals surface area contributed by atoms with Gasteiger partial charge >= 0.3 is 0 Å². The van der Waals surface area contributed by atoms with Gasteiger partial charge in [0, 0.05) is 30.1 Å². The number of hydrogen-bond donors (Lipinski definition) is 1.